The summed E-state index contributed by atoms with van der Waals surface area (Å²) in [6.07, 6.45) is 0. The van der Waals surface area contributed by atoms with Crippen molar-refractivity contribution in [3.05, 3.63) is 5.28 Å². The van der Waals surface area contributed by atoms with Crippen molar-refractivity contribution in [3.63, 3.8) is 0 Å². The molecule has 0 aliphatic carbocycles. The first-order chi connectivity index (χ1) is 5.27. The van der Waals surface area contributed by atoms with Crippen LogP contribution in [-0.2, 0) is 0 Å². The molecule has 56 valence electrons. The van der Waals surface area contributed by atoms with Crippen molar-refractivity contribution in [3.8, 4) is 0 Å². The van der Waals surface area contributed by atoms with Crippen molar-refractivity contribution in [1.82, 2.24) is 25.4 Å². The fraction of sp³-hybridized carbons (Fsp3) is 0. The van der Waals surface area contributed by atoms with E-state index < -0.39 is 0 Å². The van der Waals surface area contributed by atoms with Gasteiger partial charge in [-0.15, -0.1) is 5.10 Å². The standard InChI is InChI=1S/C4H3ClN6/c5-4-7-2(6)1-3(8-4)10-11-9-1/h(H3,6,7,8,9,10,11). The first-order valence-electron chi connectivity index (χ1n) is 2.77. The highest BCUT2D eigenvalue weighted by Gasteiger charge is 2.05. The zero-order valence-corrected chi connectivity index (χ0v) is 6.00. The SMILES string of the molecule is Nc1nc(Cl)nc2[nH]nnc12. The molecule has 0 fully saturated rings. The van der Waals surface area contributed by atoms with Gasteiger partial charge >= 0.3 is 0 Å². The summed E-state index contributed by atoms with van der Waals surface area (Å²) in [4.78, 5) is 7.47. The first kappa shape index (κ1) is 6.29. The highest BCUT2D eigenvalue weighted by Crippen LogP contribution is 2.13. The normalized spacial score (nSPS) is 10.6. The Morgan fingerprint density at radius 2 is 2.18 bits per heavy atom. The highest BCUT2D eigenvalue weighted by atomic mass is 35.5. The summed E-state index contributed by atoms with van der Waals surface area (Å²) in [5.41, 5.74) is 6.33. The van der Waals surface area contributed by atoms with E-state index in [1.807, 2.05) is 0 Å². The smallest absolute Gasteiger partial charge is 0.226 e. The summed E-state index contributed by atoms with van der Waals surface area (Å²) < 4.78 is 0. The van der Waals surface area contributed by atoms with Crippen LogP contribution >= 0.6 is 11.6 Å². The van der Waals surface area contributed by atoms with Gasteiger partial charge in [0.1, 0.15) is 0 Å². The van der Waals surface area contributed by atoms with Crippen LogP contribution in [0.3, 0.4) is 0 Å². The van der Waals surface area contributed by atoms with Crippen molar-refractivity contribution in [1.29, 1.82) is 0 Å². The van der Waals surface area contributed by atoms with E-state index in [0.717, 1.165) is 0 Å². The molecule has 0 aromatic carbocycles. The number of hydrogen-bond acceptors (Lipinski definition) is 5. The minimum Gasteiger partial charge on any atom is -0.382 e. The quantitative estimate of drug-likeness (QED) is 0.542. The Labute approximate surface area is 65.8 Å². The van der Waals surface area contributed by atoms with Crippen molar-refractivity contribution >= 4 is 28.6 Å². The Hall–Kier alpha value is -1.43. The van der Waals surface area contributed by atoms with E-state index in [0.29, 0.717) is 11.2 Å². The first-order valence-corrected chi connectivity index (χ1v) is 3.15. The third-order valence-corrected chi connectivity index (χ3v) is 1.36. The highest BCUT2D eigenvalue weighted by molar-refractivity contribution is 6.28. The van der Waals surface area contributed by atoms with Gasteiger partial charge in [0.15, 0.2) is 17.0 Å². The molecule has 0 radical (unpaired) electrons. The van der Waals surface area contributed by atoms with Gasteiger partial charge in [-0.05, 0) is 11.6 Å². The molecule has 0 spiro atoms. The topological polar surface area (TPSA) is 93.4 Å². The van der Waals surface area contributed by atoms with E-state index >= 15 is 0 Å². The predicted molar refractivity (Wildman–Crippen MR) is 38.9 cm³/mol. The molecular weight excluding hydrogens is 168 g/mol. The lowest BCUT2D eigenvalue weighted by Crippen LogP contribution is -1.94. The molecule has 0 aliphatic rings. The molecule has 0 saturated heterocycles. The number of fused-ring (bicyclic) bond motifs is 1. The van der Waals surface area contributed by atoms with Gasteiger partial charge in [0.05, 0.1) is 0 Å². The molecular formula is C4H3ClN6. The van der Waals surface area contributed by atoms with Gasteiger partial charge in [-0.3, -0.25) is 0 Å². The lowest BCUT2D eigenvalue weighted by Gasteiger charge is -1.91. The number of aromatic amines is 1. The molecule has 7 heteroatoms. The number of aromatic nitrogens is 5. The van der Waals surface area contributed by atoms with Crippen LogP contribution in [0.2, 0.25) is 5.28 Å². The van der Waals surface area contributed by atoms with Gasteiger partial charge < -0.3 is 5.73 Å². The van der Waals surface area contributed by atoms with Crippen molar-refractivity contribution in [2.75, 3.05) is 5.73 Å². The predicted octanol–water partition coefficient (Wildman–Crippen LogP) is -0.0165. The molecule has 3 N–H and O–H groups in total. The summed E-state index contributed by atoms with van der Waals surface area (Å²) in [6, 6.07) is 0. The molecule has 11 heavy (non-hydrogen) atoms. The van der Waals surface area contributed by atoms with Crippen LogP contribution in [-0.4, -0.2) is 25.4 Å². The van der Waals surface area contributed by atoms with E-state index in [4.69, 9.17) is 17.3 Å². The Bertz CT molecular complexity index is 394. The number of nitrogen functional groups attached to an aromatic ring is 1. The summed E-state index contributed by atoms with van der Waals surface area (Å²) >= 11 is 5.50. The Balaban J connectivity index is 2.91. The zero-order valence-electron chi connectivity index (χ0n) is 5.24. The lowest BCUT2D eigenvalue weighted by atomic mass is 10.5. The summed E-state index contributed by atoms with van der Waals surface area (Å²) in [7, 11) is 0. The summed E-state index contributed by atoms with van der Waals surface area (Å²) in [5, 5.41) is 9.74. The van der Waals surface area contributed by atoms with Crippen molar-refractivity contribution < 1.29 is 0 Å². The molecule has 2 heterocycles. The summed E-state index contributed by atoms with van der Waals surface area (Å²) in [6.45, 7) is 0. The minimum absolute atomic E-state index is 0.0843. The molecule has 0 unspecified atom stereocenters. The fourth-order valence-corrected chi connectivity index (χ4v) is 0.918. The maximum absolute atomic E-state index is 5.50. The minimum atomic E-state index is 0.0843. The van der Waals surface area contributed by atoms with Crippen LogP contribution < -0.4 is 5.73 Å². The number of H-pyrrole nitrogens is 1. The van der Waals surface area contributed by atoms with Crippen LogP contribution in [0.25, 0.3) is 11.2 Å². The molecule has 2 aromatic heterocycles. The number of nitrogens with zero attached hydrogens (tertiary/aromatic N) is 4. The van der Waals surface area contributed by atoms with Crippen LogP contribution in [0, 0.1) is 0 Å². The molecule has 2 aromatic rings. The molecule has 0 atom stereocenters. The molecule has 6 nitrogen and oxygen atoms in total. The molecule has 0 bridgehead atoms. The van der Waals surface area contributed by atoms with Crippen molar-refractivity contribution in [2.24, 2.45) is 0 Å². The van der Waals surface area contributed by atoms with Gasteiger partial charge in [-0.2, -0.15) is 9.97 Å². The number of halogens is 1. The van der Waals surface area contributed by atoms with E-state index in [1.54, 1.807) is 0 Å². The summed E-state index contributed by atoms with van der Waals surface area (Å²) in [5.74, 6) is 0.230. The van der Waals surface area contributed by atoms with E-state index in [9.17, 15) is 0 Å². The zero-order chi connectivity index (χ0) is 7.84. The average molecular weight is 171 g/mol. The lowest BCUT2D eigenvalue weighted by molar-refractivity contribution is 0.954. The average Bonchev–Trinajstić information content (AvgIpc) is 2.34. The number of rotatable bonds is 0. The molecule has 0 aliphatic heterocycles. The number of hydrogen-bond donors (Lipinski definition) is 2. The van der Waals surface area contributed by atoms with Gasteiger partial charge in [-0.25, -0.2) is 5.10 Å². The second kappa shape index (κ2) is 2.03. The maximum Gasteiger partial charge on any atom is 0.226 e. The fourth-order valence-electron chi connectivity index (χ4n) is 0.743. The van der Waals surface area contributed by atoms with Crippen LogP contribution in [0.1, 0.15) is 0 Å². The third-order valence-electron chi connectivity index (χ3n) is 1.19. The van der Waals surface area contributed by atoms with Gasteiger partial charge in [0.2, 0.25) is 5.28 Å². The van der Waals surface area contributed by atoms with E-state index in [1.165, 1.54) is 0 Å². The third kappa shape index (κ3) is 0.874. The van der Waals surface area contributed by atoms with Gasteiger partial charge in [0, 0.05) is 0 Å². The largest absolute Gasteiger partial charge is 0.382 e. The van der Waals surface area contributed by atoms with Crippen LogP contribution in [0.4, 0.5) is 5.82 Å². The van der Waals surface area contributed by atoms with Gasteiger partial charge in [0.25, 0.3) is 0 Å². The Kier molecular flexibility index (Phi) is 1.16. The monoisotopic (exact) mass is 170 g/mol. The van der Waals surface area contributed by atoms with E-state index in [2.05, 4.69) is 25.4 Å². The van der Waals surface area contributed by atoms with Crippen molar-refractivity contribution in [2.45, 2.75) is 0 Å². The molecule has 2 rings (SSSR count). The second-order valence-electron chi connectivity index (χ2n) is 1.89. The number of nitrogens with two attached hydrogens (primary N) is 1. The Morgan fingerprint density at radius 1 is 1.36 bits per heavy atom. The molecule has 0 saturated carbocycles. The Morgan fingerprint density at radius 3 is 3.00 bits per heavy atom. The second-order valence-corrected chi connectivity index (χ2v) is 2.22. The number of anilines is 1. The molecule has 0 amide bonds. The number of nitrogens with one attached hydrogen (secondary N) is 1. The van der Waals surface area contributed by atoms with Crippen LogP contribution in [0.15, 0.2) is 0 Å². The van der Waals surface area contributed by atoms with E-state index in [-0.39, 0.29) is 11.1 Å². The van der Waals surface area contributed by atoms with Crippen LogP contribution in [0.5, 0.6) is 0 Å². The maximum atomic E-state index is 5.50. The van der Waals surface area contributed by atoms with Gasteiger partial charge in [-0.1, -0.05) is 5.21 Å².